The largest absolute Gasteiger partial charge is 0.507 e. The fourth-order valence-corrected chi connectivity index (χ4v) is 4.89. The molecule has 192 valence electrons. The van der Waals surface area contributed by atoms with E-state index in [0.717, 1.165) is 25.2 Å². The number of rotatable bonds is 9. The number of para-hydroxylation sites is 1. The Kier molecular flexibility index (Phi) is 8.28. The maximum Gasteiger partial charge on any atom is 0.295 e. The van der Waals surface area contributed by atoms with Crippen molar-refractivity contribution in [2.24, 2.45) is 0 Å². The fraction of sp³-hybridized carbons (Fsp3) is 0.429. The Hall–Kier alpha value is -3.36. The molecule has 1 N–H and O–H groups in total. The third-order valence-electron chi connectivity index (χ3n) is 6.72. The maximum absolute atomic E-state index is 13.4. The lowest BCUT2D eigenvalue weighted by molar-refractivity contribution is -0.140. The number of amides is 1. The number of nitrogens with zero attached hydrogens (tertiary/aromatic N) is 2. The Morgan fingerprint density at radius 1 is 1.11 bits per heavy atom. The van der Waals surface area contributed by atoms with Gasteiger partial charge in [0.15, 0.2) is 0 Å². The van der Waals surface area contributed by atoms with Crippen molar-refractivity contribution in [1.82, 2.24) is 9.80 Å². The molecule has 0 saturated carbocycles. The fourth-order valence-electron chi connectivity index (χ4n) is 4.89. The van der Waals surface area contributed by atoms with Gasteiger partial charge in [0.2, 0.25) is 0 Å². The van der Waals surface area contributed by atoms with E-state index < -0.39 is 17.7 Å². The molecule has 2 aliphatic rings. The number of carbonyl (C=O) groups is 2. The number of aliphatic hydroxyl groups is 1. The van der Waals surface area contributed by atoms with E-state index in [-0.39, 0.29) is 11.3 Å². The molecule has 8 heteroatoms. The molecule has 0 unspecified atom stereocenters. The van der Waals surface area contributed by atoms with Crippen molar-refractivity contribution in [3.63, 3.8) is 0 Å². The zero-order valence-electron chi connectivity index (χ0n) is 21.2. The van der Waals surface area contributed by atoms with E-state index in [2.05, 4.69) is 4.90 Å². The van der Waals surface area contributed by atoms with Crippen LogP contribution in [0.25, 0.3) is 5.76 Å². The van der Waals surface area contributed by atoms with Crippen molar-refractivity contribution in [3.8, 4) is 11.5 Å². The summed E-state index contributed by atoms with van der Waals surface area (Å²) >= 11 is 0. The average molecular weight is 495 g/mol. The summed E-state index contributed by atoms with van der Waals surface area (Å²) in [5.41, 5.74) is 1.98. The van der Waals surface area contributed by atoms with Crippen molar-refractivity contribution in [3.05, 3.63) is 64.7 Å². The molecule has 8 nitrogen and oxygen atoms in total. The minimum Gasteiger partial charge on any atom is -0.507 e. The highest BCUT2D eigenvalue weighted by Gasteiger charge is 2.47. The van der Waals surface area contributed by atoms with Gasteiger partial charge >= 0.3 is 0 Å². The van der Waals surface area contributed by atoms with Gasteiger partial charge < -0.3 is 24.2 Å². The van der Waals surface area contributed by atoms with Gasteiger partial charge in [-0.05, 0) is 50.1 Å². The van der Waals surface area contributed by atoms with Gasteiger partial charge in [0.1, 0.15) is 17.3 Å². The lowest BCUT2D eigenvalue weighted by Crippen LogP contribution is -2.39. The minimum atomic E-state index is -0.751. The third kappa shape index (κ3) is 5.24. The first-order valence-corrected chi connectivity index (χ1v) is 12.4. The Labute approximate surface area is 212 Å². The van der Waals surface area contributed by atoms with E-state index in [9.17, 15) is 14.7 Å². The Balaban J connectivity index is 1.74. The number of methoxy groups -OCH3 is 1. The first kappa shape index (κ1) is 25.7. The number of ether oxygens (including phenoxy) is 3. The molecule has 2 saturated heterocycles. The lowest BCUT2D eigenvalue weighted by atomic mass is 9.93. The van der Waals surface area contributed by atoms with Gasteiger partial charge in [0.25, 0.3) is 11.7 Å². The second kappa shape index (κ2) is 11.6. The molecule has 1 atom stereocenters. The van der Waals surface area contributed by atoms with Crippen LogP contribution in [0.3, 0.4) is 0 Å². The van der Waals surface area contributed by atoms with Crippen molar-refractivity contribution in [2.75, 3.05) is 53.1 Å². The number of morpholine rings is 1. The van der Waals surface area contributed by atoms with Crippen LogP contribution < -0.4 is 9.47 Å². The second-order valence-corrected chi connectivity index (χ2v) is 8.95. The van der Waals surface area contributed by atoms with Gasteiger partial charge in [-0.15, -0.1) is 0 Å². The van der Waals surface area contributed by atoms with Crippen LogP contribution in [0.4, 0.5) is 0 Å². The summed E-state index contributed by atoms with van der Waals surface area (Å²) in [5, 5.41) is 11.4. The van der Waals surface area contributed by atoms with Gasteiger partial charge in [-0.3, -0.25) is 14.5 Å². The molecule has 0 spiro atoms. The summed E-state index contributed by atoms with van der Waals surface area (Å²) in [4.78, 5) is 30.6. The molecule has 0 aliphatic carbocycles. The number of Topliss-reactive ketones (excluding diaryl/α,β-unsaturated/α-hetero) is 1. The summed E-state index contributed by atoms with van der Waals surface area (Å²) in [6, 6.07) is 11.9. The third-order valence-corrected chi connectivity index (χ3v) is 6.72. The molecule has 2 heterocycles. The smallest absolute Gasteiger partial charge is 0.295 e. The van der Waals surface area contributed by atoms with Crippen molar-refractivity contribution >= 4 is 17.4 Å². The molecule has 0 bridgehead atoms. The number of ketones is 1. The van der Waals surface area contributed by atoms with Gasteiger partial charge in [-0.2, -0.15) is 0 Å². The lowest BCUT2D eigenvalue weighted by Gasteiger charge is -2.29. The zero-order chi connectivity index (χ0) is 25.7. The number of likely N-dealkylation sites (tertiary alicyclic amines) is 1. The quantitative estimate of drug-likeness (QED) is 0.324. The zero-order valence-corrected chi connectivity index (χ0v) is 21.2. The van der Waals surface area contributed by atoms with Crippen molar-refractivity contribution < 1.29 is 28.9 Å². The number of aliphatic hydroxyl groups excluding tert-OH is 1. The average Bonchev–Trinajstić information content (AvgIpc) is 3.14. The molecule has 0 radical (unpaired) electrons. The topological polar surface area (TPSA) is 88.5 Å². The monoisotopic (exact) mass is 494 g/mol. The van der Waals surface area contributed by atoms with Gasteiger partial charge in [0.05, 0.1) is 38.5 Å². The molecule has 4 rings (SSSR count). The van der Waals surface area contributed by atoms with Crippen LogP contribution in [0, 0.1) is 6.92 Å². The molecule has 2 aromatic carbocycles. The van der Waals surface area contributed by atoms with E-state index in [0.29, 0.717) is 55.4 Å². The molecular formula is C28H34N2O6. The van der Waals surface area contributed by atoms with E-state index in [4.69, 9.17) is 14.2 Å². The van der Waals surface area contributed by atoms with Crippen LogP contribution in [0.2, 0.25) is 0 Å². The summed E-state index contributed by atoms with van der Waals surface area (Å²) < 4.78 is 16.6. The number of aryl methyl sites for hydroxylation is 1. The van der Waals surface area contributed by atoms with Crippen molar-refractivity contribution in [2.45, 2.75) is 26.3 Å². The van der Waals surface area contributed by atoms with Gasteiger partial charge in [-0.25, -0.2) is 0 Å². The molecular weight excluding hydrogens is 460 g/mol. The normalized spacial score (nSPS) is 20.1. The number of hydrogen-bond donors (Lipinski definition) is 1. The summed E-state index contributed by atoms with van der Waals surface area (Å²) in [6.45, 7) is 8.44. The van der Waals surface area contributed by atoms with E-state index >= 15 is 0 Å². The first-order chi connectivity index (χ1) is 17.5. The predicted molar refractivity (Wildman–Crippen MR) is 136 cm³/mol. The van der Waals surface area contributed by atoms with E-state index in [1.165, 1.54) is 0 Å². The summed E-state index contributed by atoms with van der Waals surface area (Å²) in [5.74, 6) is -0.264. The molecule has 36 heavy (non-hydrogen) atoms. The van der Waals surface area contributed by atoms with Crippen LogP contribution in [-0.2, 0) is 14.3 Å². The number of hydrogen-bond acceptors (Lipinski definition) is 7. The standard InChI is InChI=1S/C28H34N2O6/c1-4-36-23-9-6-5-8-22(23)25-24(26(31)21-11-10-20(34-3)18-19(21)2)27(32)28(33)30(25)13-7-12-29-14-16-35-17-15-29/h5-6,8-11,18,25,31H,4,7,12-17H2,1-3H3/b26-24+/t25-/m0/s1. The highest BCUT2D eigenvalue weighted by molar-refractivity contribution is 6.46. The van der Waals surface area contributed by atoms with Crippen molar-refractivity contribution in [1.29, 1.82) is 0 Å². The Bertz CT molecular complexity index is 1140. The minimum absolute atomic E-state index is 0.0757. The summed E-state index contributed by atoms with van der Waals surface area (Å²) in [6.07, 6.45) is 0.696. The molecule has 0 aromatic heterocycles. The molecule has 1 amide bonds. The molecule has 2 aromatic rings. The molecule has 2 fully saturated rings. The number of carbonyl (C=O) groups excluding carboxylic acids is 2. The van der Waals surface area contributed by atoms with Gasteiger partial charge in [-0.1, -0.05) is 18.2 Å². The molecule has 2 aliphatic heterocycles. The highest BCUT2D eigenvalue weighted by Crippen LogP contribution is 2.43. The maximum atomic E-state index is 13.4. The first-order valence-electron chi connectivity index (χ1n) is 12.4. The predicted octanol–water partition coefficient (Wildman–Crippen LogP) is 3.55. The summed E-state index contributed by atoms with van der Waals surface area (Å²) in [7, 11) is 1.57. The highest BCUT2D eigenvalue weighted by atomic mass is 16.5. The Morgan fingerprint density at radius 3 is 2.56 bits per heavy atom. The van der Waals surface area contributed by atoms with E-state index in [1.807, 2.05) is 38.1 Å². The van der Waals surface area contributed by atoms with Gasteiger partial charge in [0, 0.05) is 37.3 Å². The van der Waals surface area contributed by atoms with Crippen LogP contribution in [0.15, 0.2) is 48.0 Å². The van der Waals surface area contributed by atoms with Crippen LogP contribution in [0.5, 0.6) is 11.5 Å². The van der Waals surface area contributed by atoms with Crippen LogP contribution in [0.1, 0.15) is 36.1 Å². The van der Waals surface area contributed by atoms with Crippen LogP contribution >= 0.6 is 0 Å². The Morgan fingerprint density at radius 2 is 1.86 bits per heavy atom. The van der Waals surface area contributed by atoms with Crippen LogP contribution in [-0.4, -0.2) is 79.7 Å². The number of benzene rings is 2. The van der Waals surface area contributed by atoms with E-state index in [1.54, 1.807) is 30.2 Å². The second-order valence-electron chi connectivity index (χ2n) is 8.95. The SMILES string of the molecule is CCOc1ccccc1[C@H]1/C(=C(\O)c2ccc(OC)cc2C)C(=O)C(=O)N1CCCN1CCOCC1.